The van der Waals surface area contributed by atoms with E-state index in [4.69, 9.17) is 0 Å². The van der Waals surface area contributed by atoms with E-state index in [-0.39, 0.29) is 0 Å². The molecule has 0 aliphatic carbocycles. The van der Waals surface area contributed by atoms with Gasteiger partial charge >= 0.3 is 0 Å². The van der Waals surface area contributed by atoms with Crippen LogP contribution in [0.3, 0.4) is 0 Å². The summed E-state index contributed by atoms with van der Waals surface area (Å²) < 4.78 is 0. The first-order valence-electron chi connectivity index (χ1n) is 7.02. The molecule has 1 aromatic heterocycles. The van der Waals surface area contributed by atoms with Crippen molar-refractivity contribution in [2.45, 2.75) is 39.7 Å². The zero-order valence-electron chi connectivity index (χ0n) is 11.5. The fourth-order valence-electron chi connectivity index (χ4n) is 2.25. The van der Waals surface area contributed by atoms with Crippen LogP contribution in [0.15, 0.2) is 30.5 Å². The van der Waals surface area contributed by atoms with Crippen LogP contribution in [0.25, 0.3) is 10.9 Å². The highest BCUT2D eigenvalue weighted by Gasteiger charge is 1.97. The molecule has 0 unspecified atom stereocenters. The van der Waals surface area contributed by atoms with E-state index in [9.17, 15) is 0 Å². The zero-order chi connectivity index (χ0) is 12.8. The van der Waals surface area contributed by atoms with Gasteiger partial charge in [-0.15, -0.1) is 0 Å². The standard InChI is InChI=1S/C16H24N2/c1-13(2)5-3-4-9-17-12-14-6-7-16-15(11-14)8-10-18-16/h6-8,10-11,13,17-18H,3-5,9,12H2,1-2H3. The van der Waals surface area contributed by atoms with E-state index < -0.39 is 0 Å². The molecule has 0 amide bonds. The number of hydrogen-bond donors (Lipinski definition) is 2. The predicted molar refractivity (Wildman–Crippen MR) is 78.7 cm³/mol. The third-order valence-electron chi connectivity index (χ3n) is 3.33. The molecule has 0 atom stereocenters. The quantitative estimate of drug-likeness (QED) is 0.706. The molecule has 2 aromatic rings. The van der Waals surface area contributed by atoms with Gasteiger partial charge in [0.1, 0.15) is 0 Å². The molecule has 0 aliphatic heterocycles. The molecule has 2 heteroatoms. The Hall–Kier alpha value is -1.28. The normalized spacial score (nSPS) is 11.5. The largest absolute Gasteiger partial charge is 0.361 e. The average Bonchev–Trinajstić information content (AvgIpc) is 2.80. The number of hydrogen-bond acceptors (Lipinski definition) is 1. The minimum absolute atomic E-state index is 0.834. The highest BCUT2D eigenvalue weighted by atomic mass is 14.8. The van der Waals surface area contributed by atoms with Gasteiger partial charge in [-0.1, -0.05) is 32.8 Å². The first-order chi connectivity index (χ1) is 8.75. The van der Waals surface area contributed by atoms with Crippen molar-refractivity contribution in [1.82, 2.24) is 10.3 Å². The molecule has 18 heavy (non-hydrogen) atoms. The smallest absolute Gasteiger partial charge is 0.0454 e. The lowest BCUT2D eigenvalue weighted by atomic mass is 10.1. The molecule has 2 N–H and O–H groups in total. The molecule has 0 spiro atoms. The summed E-state index contributed by atoms with van der Waals surface area (Å²) >= 11 is 0. The molecule has 0 bridgehead atoms. The Bertz CT molecular complexity index is 471. The van der Waals surface area contributed by atoms with Crippen molar-refractivity contribution >= 4 is 10.9 Å². The van der Waals surface area contributed by atoms with Crippen LogP contribution in [0.1, 0.15) is 38.7 Å². The molecule has 0 radical (unpaired) electrons. The number of H-pyrrole nitrogens is 1. The van der Waals surface area contributed by atoms with Crippen LogP contribution in [-0.4, -0.2) is 11.5 Å². The first-order valence-corrected chi connectivity index (χ1v) is 7.02. The van der Waals surface area contributed by atoms with Gasteiger partial charge in [0.15, 0.2) is 0 Å². The molecule has 0 aliphatic rings. The molecular formula is C16H24N2. The Morgan fingerprint density at radius 1 is 1.17 bits per heavy atom. The van der Waals surface area contributed by atoms with Crippen molar-refractivity contribution in [1.29, 1.82) is 0 Å². The van der Waals surface area contributed by atoms with Gasteiger partial charge in [-0.05, 0) is 48.0 Å². The van der Waals surface area contributed by atoms with E-state index in [1.807, 2.05) is 6.20 Å². The molecule has 2 rings (SSSR count). The number of fused-ring (bicyclic) bond motifs is 1. The first kappa shape index (κ1) is 13.2. The molecule has 0 saturated carbocycles. The van der Waals surface area contributed by atoms with Crippen LogP contribution in [0.4, 0.5) is 0 Å². The number of rotatable bonds is 7. The number of unbranched alkanes of at least 4 members (excludes halogenated alkanes) is 1. The van der Waals surface area contributed by atoms with Crippen LogP contribution in [0.2, 0.25) is 0 Å². The van der Waals surface area contributed by atoms with Crippen LogP contribution < -0.4 is 5.32 Å². The summed E-state index contributed by atoms with van der Waals surface area (Å²) in [5.41, 5.74) is 2.58. The van der Waals surface area contributed by atoms with Crippen LogP contribution in [-0.2, 0) is 6.54 Å². The van der Waals surface area contributed by atoms with Gasteiger partial charge in [-0.2, -0.15) is 0 Å². The molecule has 2 nitrogen and oxygen atoms in total. The molecule has 1 heterocycles. The van der Waals surface area contributed by atoms with E-state index in [0.717, 1.165) is 19.0 Å². The summed E-state index contributed by atoms with van der Waals surface area (Å²) in [6, 6.07) is 8.74. The van der Waals surface area contributed by atoms with Gasteiger partial charge in [0.25, 0.3) is 0 Å². The van der Waals surface area contributed by atoms with E-state index in [1.165, 1.54) is 35.7 Å². The summed E-state index contributed by atoms with van der Waals surface area (Å²) in [5, 5.41) is 4.82. The summed E-state index contributed by atoms with van der Waals surface area (Å²) in [6.07, 6.45) is 5.96. The molecular weight excluding hydrogens is 220 g/mol. The zero-order valence-corrected chi connectivity index (χ0v) is 11.5. The average molecular weight is 244 g/mol. The Balaban J connectivity index is 1.70. The van der Waals surface area contributed by atoms with Gasteiger partial charge in [0, 0.05) is 18.3 Å². The van der Waals surface area contributed by atoms with Crippen molar-refractivity contribution in [2.24, 2.45) is 5.92 Å². The highest BCUT2D eigenvalue weighted by Crippen LogP contribution is 2.14. The maximum Gasteiger partial charge on any atom is 0.0454 e. The Kier molecular flexibility index (Phi) is 4.82. The van der Waals surface area contributed by atoms with E-state index in [2.05, 4.69) is 48.4 Å². The minimum atomic E-state index is 0.834. The van der Waals surface area contributed by atoms with Crippen molar-refractivity contribution in [3.8, 4) is 0 Å². The Labute approximate surface area is 110 Å². The summed E-state index contributed by atoms with van der Waals surface area (Å²) in [4.78, 5) is 3.22. The number of nitrogens with one attached hydrogen (secondary N) is 2. The topological polar surface area (TPSA) is 27.8 Å². The third kappa shape index (κ3) is 3.88. The van der Waals surface area contributed by atoms with Crippen molar-refractivity contribution in [3.63, 3.8) is 0 Å². The van der Waals surface area contributed by atoms with E-state index in [0.29, 0.717) is 0 Å². The van der Waals surface area contributed by atoms with Crippen molar-refractivity contribution in [2.75, 3.05) is 6.54 Å². The monoisotopic (exact) mass is 244 g/mol. The molecule has 0 fully saturated rings. The lowest BCUT2D eigenvalue weighted by Crippen LogP contribution is -2.14. The van der Waals surface area contributed by atoms with E-state index in [1.54, 1.807) is 0 Å². The van der Waals surface area contributed by atoms with Crippen LogP contribution in [0.5, 0.6) is 0 Å². The minimum Gasteiger partial charge on any atom is -0.361 e. The second-order valence-corrected chi connectivity index (χ2v) is 5.47. The van der Waals surface area contributed by atoms with Crippen LogP contribution in [0, 0.1) is 5.92 Å². The number of aromatic amines is 1. The summed E-state index contributed by atoms with van der Waals surface area (Å²) in [7, 11) is 0. The lowest BCUT2D eigenvalue weighted by molar-refractivity contribution is 0.520. The SMILES string of the molecule is CC(C)CCCCNCc1ccc2[nH]ccc2c1. The third-order valence-corrected chi connectivity index (χ3v) is 3.33. The van der Waals surface area contributed by atoms with Crippen LogP contribution >= 0.6 is 0 Å². The predicted octanol–water partition coefficient (Wildman–Crippen LogP) is 4.08. The number of benzene rings is 1. The Morgan fingerprint density at radius 3 is 2.89 bits per heavy atom. The van der Waals surface area contributed by atoms with E-state index >= 15 is 0 Å². The lowest BCUT2D eigenvalue weighted by Gasteiger charge is -2.06. The maximum atomic E-state index is 3.52. The summed E-state index contributed by atoms with van der Waals surface area (Å²) in [5.74, 6) is 0.834. The summed E-state index contributed by atoms with van der Waals surface area (Å²) in [6.45, 7) is 6.68. The molecule has 98 valence electrons. The van der Waals surface area contributed by atoms with Crippen molar-refractivity contribution in [3.05, 3.63) is 36.0 Å². The fraction of sp³-hybridized carbons (Fsp3) is 0.500. The molecule has 0 saturated heterocycles. The van der Waals surface area contributed by atoms with Gasteiger partial charge in [-0.25, -0.2) is 0 Å². The van der Waals surface area contributed by atoms with Gasteiger partial charge < -0.3 is 10.3 Å². The second-order valence-electron chi connectivity index (χ2n) is 5.47. The second kappa shape index (κ2) is 6.60. The fourth-order valence-corrected chi connectivity index (χ4v) is 2.25. The van der Waals surface area contributed by atoms with Gasteiger partial charge in [0.2, 0.25) is 0 Å². The van der Waals surface area contributed by atoms with Crippen molar-refractivity contribution < 1.29 is 0 Å². The maximum absolute atomic E-state index is 3.52. The van der Waals surface area contributed by atoms with Gasteiger partial charge in [0.05, 0.1) is 0 Å². The number of aromatic nitrogens is 1. The Morgan fingerprint density at radius 2 is 2.06 bits per heavy atom. The molecule has 1 aromatic carbocycles. The highest BCUT2D eigenvalue weighted by molar-refractivity contribution is 5.79. The van der Waals surface area contributed by atoms with Gasteiger partial charge in [-0.3, -0.25) is 0 Å².